The number of carbonyl (C=O) groups is 1. The lowest BCUT2D eigenvalue weighted by atomic mass is 9.73. The summed E-state index contributed by atoms with van der Waals surface area (Å²) in [7, 11) is 0. The Bertz CT molecular complexity index is 1000. The van der Waals surface area contributed by atoms with E-state index < -0.39 is 22.7 Å². The van der Waals surface area contributed by atoms with Gasteiger partial charge in [0.05, 0.1) is 4.92 Å². The van der Waals surface area contributed by atoms with Crippen LogP contribution in [-0.2, 0) is 4.79 Å². The Balaban J connectivity index is 2.29. The molecule has 0 bridgehead atoms. The van der Waals surface area contributed by atoms with E-state index in [2.05, 4.69) is 9.98 Å². The number of allylic oxidation sites excluding steroid dienone is 2. The van der Waals surface area contributed by atoms with Crippen molar-refractivity contribution in [2.75, 3.05) is 0 Å². The van der Waals surface area contributed by atoms with Gasteiger partial charge in [-0.2, -0.15) is 0 Å². The van der Waals surface area contributed by atoms with E-state index in [1.54, 1.807) is 38.1 Å². The molecule has 7 nitrogen and oxygen atoms in total. The van der Waals surface area contributed by atoms with E-state index in [0.29, 0.717) is 28.1 Å². The van der Waals surface area contributed by atoms with E-state index in [1.165, 1.54) is 18.3 Å². The summed E-state index contributed by atoms with van der Waals surface area (Å²) in [6.07, 6.45) is 1.54. The third kappa shape index (κ3) is 3.46. The Labute approximate surface area is 160 Å². The molecule has 1 aromatic heterocycles. The Morgan fingerprint density at radius 2 is 2.00 bits per heavy atom. The largest absolute Gasteiger partial charge is 0.481 e. The summed E-state index contributed by atoms with van der Waals surface area (Å²) in [5.74, 6) is -2.71. The zero-order valence-corrected chi connectivity index (χ0v) is 15.3. The number of non-ortho nitro benzene ring substituents is 1. The number of hydrogen-bond donors (Lipinski definition) is 1. The van der Waals surface area contributed by atoms with Gasteiger partial charge in [0.1, 0.15) is 11.1 Å². The van der Waals surface area contributed by atoms with Crippen molar-refractivity contribution in [2.45, 2.75) is 19.8 Å². The summed E-state index contributed by atoms with van der Waals surface area (Å²) in [6.45, 7) is 3.42. The third-order valence-corrected chi connectivity index (χ3v) is 4.88. The van der Waals surface area contributed by atoms with E-state index in [-0.39, 0.29) is 10.8 Å². The molecule has 0 radical (unpaired) electrons. The molecule has 2 aromatic rings. The molecule has 27 heavy (non-hydrogen) atoms. The van der Waals surface area contributed by atoms with Crippen molar-refractivity contribution in [3.63, 3.8) is 0 Å². The number of pyridine rings is 1. The van der Waals surface area contributed by atoms with Crippen LogP contribution < -0.4 is 0 Å². The number of hydrogen-bond acceptors (Lipinski definition) is 5. The first-order valence-corrected chi connectivity index (χ1v) is 8.53. The maximum atomic E-state index is 12.0. The second kappa shape index (κ2) is 7.28. The standard InChI is InChI=1S/C19H16ClN3O4/c1-10-15(14-7-4-8-21-18(14)20)17(16(19(24)25)11(2)22-10)12-5-3-6-13(9-12)23(26)27/h3-9,16-17H,1-2H3,(H,24,25). The van der Waals surface area contributed by atoms with Crippen molar-refractivity contribution in [3.8, 4) is 0 Å². The summed E-state index contributed by atoms with van der Waals surface area (Å²) in [6, 6.07) is 9.45. The van der Waals surface area contributed by atoms with Crippen LogP contribution in [0, 0.1) is 16.0 Å². The molecular formula is C19H16ClN3O4. The Hall–Kier alpha value is -3.06. The van der Waals surface area contributed by atoms with Gasteiger partial charge in [0.2, 0.25) is 0 Å². The molecule has 0 saturated heterocycles. The van der Waals surface area contributed by atoms with Crippen molar-refractivity contribution in [1.82, 2.24) is 4.98 Å². The summed E-state index contributed by atoms with van der Waals surface area (Å²) in [5, 5.41) is 21.3. The lowest BCUT2D eigenvalue weighted by molar-refractivity contribution is -0.384. The van der Waals surface area contributed by atoms with Gasteiger partial charge in [-0.1, -0.05) is 23.7 Å². The average molecular weight is 386 g/mol. The molecule has 0 saturated carbocycles. The van der Waals surface area contributed by atoms with Gasteiger partial charge in [-0.05, 0) is 37.1 Å². The van der Waals surface area contributed by atoms with Crippen molar-refractivity contribution in [2.24, 2.45) is 10.9 Å². The van der Waals surface area contributed by atoms with E-state index in [0.717, 1.165) is 0 Å². The molecule has 0 spiro atoms. The SMILES string of the molecule is CC1=NC(C)=C(c2cccnc2Cl)C(c2cccc([N+](=O)[O-])c2)C1C(=O)O. The molecule has 0 amide bonds. The topological polar surface area (TPSA) is 106 Å². The van der Waals surface area contributed by atoms with Crippen molar-refractivity contribution < 1.29 is 14.8 Å². The third-order valence-electron chi connectivity index (χ3n) is 4.58. The van der Waals surface area contributed by atoms with Crippen LogP contribution in [0.15, 0.2) is 53.3 Å². The number of aliphatic imine (C=N–C) groups is 1. The maximum absolute atomic E-state index is 12.0. The van der Waals surface area contributed by atoms with E-state index >= 15 is 0 Å². The molecule has 2 unspecified atom stereocenters. The van der Waals surface area contributed by atoms with Crippen LogP contribution in [0.5, 0.6) is 0 Å². The number of aromatic nitrogens is 1. The lowest BCUT2D eigenvalue weighted by Gasteiger charge is -2.32. The zero-order chi connectivity index (χ0) is 19.7. The van der Waals surface area contributed by atoms with Crippen LogP contribution in [0.3, 0.4) is 0 Å². The highest BCUT2D eigenvalue weighted by Crippen LogP contribution is 2.46. The molecule has 2 heterocycles. The van der Waals surface area contributed by atoms with E-state index in [4.69, 9.17) is 11.6 Å². The Morgan fingerprint density at radius 1 is 1.26 bits per heavy atom. The van der Waals surface area contributed by atoms with Gasteiger partial charge in [0.25, 0.3) is 5.69 Å². The first-order chi connectivity index (χ1) is 12.8. The van der Waals surface area contributed by atoms with E-state index in [1.807, 2.05) is 0 Å². The molecule has 1 aromatic carbocycles. The molecule has 1 aliphatic rings. The highest BCUT2D eigenvalue weighted by Gasteiger charge is 2.39. The predicted molar refractivity (Wildman–Crippen MR) is 102 cm³/mol. The fourth-order valence-electron chi connectivity index (χ4n) is 3.49. The molecule has 1 N–H and O–H groups in total. The molecular weight excluding hydrogens is 370 g/mol. The fraction of sp³-hybridized carbons (Fsp3) is 0.211. The van der Waals surface area contributed by atoms with Crippen LogP contribution in [0.2, 0.25) is 5.15 Å². The van der Waals surface area contributed by atoms with Gasteiger partial charge in [-0.25, -0.2) is 4.98 Å². The van der Waals surface area contributed by atoms with Gasteiger partial charge in [0.15, 0.2) is 0 Å². The second-order valence-electron chi connectivity index (χ2n) is 6.24. The number of carboxylic acids is 1. The van der Waals surface area contributed by atoms with Crippen molar-refractivity contribution in [1.29, 1.82) is 0 Å². The Morgan fingerprint density at radius 3 is 2.63 bits per heavy atom. The van der Waals surface area contributed by atoms with Crippen LogP contribution in [0.25, 0.3) is 5.57 Å². The smallest absolute Gasteiger partial charge is 0.313 e. The number of nitro benzene ring substituents is 1. The summed E-state index contributed by atoms with van der Waals surface area (Å²) >= 11 is 6.27. The minimum atomic E-state index is -1.06. The van der Waals surface area contributed by atoms with Gasteiger partial charge < -0.3 is 5.11 Å². The number of nitro groups is 1. The number of aliphatic carboxylic acids is 1. The number of rotatable bonds is 4. The van der Waals surface area contributed by atoms with Crippen molar-refractivity contribution >= 4 is 34.5 Å². The Kier molecular flexibility index (Phi) is 5.05. The second-order valence-corrected chi connectivity index (χ2v) is 6.60. The number of benzene rings is 1. The minimum absolute atomic E-state index is 0.105. The van der Waals surface area contributed by atoms with Gasteiger partial charge in [-0.3, -0.25) is 19.9 Å². The molecule has 0 aliphatic carbocycles. The minimum Gasteiger partial charge on any atom is -0.481 e. The number of halogens is 1. The lowest BCUT2D eigenvalue weighted by Crippen LogP contribution is -2.32. The first kappa shape index (κ1) is 18.7. The maximum Gasteiger partial charge on any atom is 0.313 e. The average Bonchev–Trinajstić information content (AvgIpc) is 2.61. The fourth-order valence-corrected chi connectivity index (χ4v) is 3.71. The van der Waals surface area contributed by atoms with Crippen LogP contribution in [0.4, 0.5) is 5.69 Å². The van der Waals surface area contributed by atoms with Gasteiger partial charge >= 0.3 is 5.97 Å². The monoisotopic (exact) mass is 385 g/mol. The normalized spacial score (nSPS) is 19.6. The summed E-state index contributed by atoms with van der Waals surface area (Å²) in [4.78, 5) is 31.2. The molecule has 3 rings (SSSR count). The molecule has 8 heteroatoms. The highest BCUT2D eigenvalue weighted by atomic mass is 35.5. The van der Waals surface area contributed by atoms with E-state index in [9.17, 15) is 20.0 Å². The predicted octanol–water partition coefficient (Wildman–Crippen LogP) is 4.33. The zero-order valence-electron chi connectivity index (χ0n) is 14.6. The molecule has 0 fully saturated rings. The van der Waals surface area contributed by atoms with Crippen LogP contribution in [0.1, 0.15) is 30.9 Å². The number of carboxylic acid groups (broad SMARTS) is 1. The quantitative estimate of drug-likeness (QED) is 0.479. The van der Waals surface area contributed by atoms with Crippen LogP contribution >= 0.6 is 11.6 Å². The highest BCUT2D eigenvalue weighted by molar-refractivity contribution is 6.31. The summed E-state index contributed by atoms with van der Waals surface area (Å²) < 4.78 is 0. The molecule has 1 aliphatic heterocycles. The van der Waals surface area contributed by atoms with Crippen LogP contribution in [-0.4, -0.2) is 26.7 Å². The molecule has 138 valence electrons. The van der Waals surface area contributed by atoms with Gasteiger partial charge in [0, 0.05) is 41.2 Å². The first-order valence-electron chi connectivity index (χ1n) is 8.15. The van der Waals surface area contributed by atoms with Gasteiger partial charge in [-0.15, -0.1) is 0 Å². The summed E-state index contributed by atoms with van der Waals surface area (Å²) in [5.41, 5.74) is 2.62. The number of nitrogens with zero attached hydrogens (tertiary/aromatic N) is 3. The molecule has 2 atom stereocenters. The van der Waals surface area contributed by atoms with Crippen molar-refractivity contribution in [3.05, 3.63) is 74.7 Å².